The molecule has 90 valence electrons. The van der Waals surface area contributed by atoms with Crippen LogP contribution in [0.25, 0.3) is 5.69 Å². The molecule has 0 fully saturated rings. The number of hydrogen-bond acceptors (Lipinski definition) is 2. The van der Waals surface area contributed by atoms with E-state index in [-0.39, 0.29) is 16.5 Å². The maximum atomic E-state index is 13.7. The van der Waals surface area contributed by atoms with Crippen molar-refractivity contribution in [3.63, 3.8) is 0 Å². The molecule has 1 heterocycles. The molecule has 0 amide bonds. The van der Waals surface area contributed by atoms with Crippen LogP contribution in [-0.4, -0.2) is 14.9 Å². The molecule has 0 aliphatic rings. The van der Waals surface area contributed by atoms with E-state index in [4.69, 9.17) is 23.2 Å². The number of phenolic OH excluding ortho intramolecular Hbond substituents is 1. The number of nitrogens with zero attached hydrogens (tertiary/aromatic N) is 2. The maximum Gasteiger partial charge on any atom is 0.150 e. The molecule has 2 aromatic rings. The van der Waals surface area contributed by atoms with Gasteiger partial charge in [-0.25, -0.2) is 9.07 Å². The lowest BCUT2D eigenvalue weighted by atomic mass is 10.2. The summed E-state index contributed by atoms with van der Waals surface area (Å²) < 4.78 is 15.1. The fourth-order valence-electron chi connectivity index (χ4n) is 1.55. The molecule has 0 bridgehead atoms. The van der Waals surface area contributed by atoms with Crippen LogP contribution in [0.1, 0.15) is 11.4 Å². The van der Waals surface area contributed by atoms with Gasteiger partial charge in [0.2, 0.25) is 0 Å². The molecule has 3 nitrogen and oxygen atoms in total. The topological polar surface area (TPSA) is 38.0 Å². The lowest BCUT2D eigenvalue weighted by Crippen LogP contribution is -2.02. The summed E-state index contributed by atoms with van der Waals surface area (Å²) in [5, 5.41) is 14.0. The van der Waals surface area contributed by atoms with Gasteiger partial charge in [-0.15, -0.1) is 0 Å². The molecule has 1 aromatic carbocycles. The first-order chi connectivity index (χ1) is 7.91. The van der Waals surface area contributed by atoms with Crippen LogP contribution in [0.3, 0.4) is 0 Å². The Morgan fingerprint density at radius 1 is 1.29 bits per heavy atom. The van der Waals surface area contributed by atoms with E-state index < -0.39 is 5.82 Å². The van der Waals surface area contributed by atoms with Crippen molar-refractivity contribution in [1.82, 2.24) is 9.78 Å². The summed E-state index contributed by atoms with van der Waals surface area (Å²) in [7, 11) is 0. The van der Waals surface area contributed by atoms with Crippen LogP contribution in [-0.2, 0) is 0 Å². The molecule has 0 unspecified atom stereocenters. The molecule has 1 aromatic heterocycles. The average molecular weight is 275 g/mol. The lowest BCUT2D eigenvalue weighted by Gasteiger charge is -2.07. The highest BCUT2D eigenvalue weighted by molar-refractivity contribution is 6.32. The van der Waals surface area contributed by atoms with Gasteiger partial charge in [-0.3, -0.25) is 0 Å². The van der Waals surface area contributed by atoms with Crippen LogP contribution in [0.15, 0.2) is 12.1 Å². The summed E-state index contributed by atoms with van der Waals surface area (Å²) in [5.41, 5.74) is 1.31. The van der Waals surface area contributed by atoms with Crippen LogP contribution in [0.4, 0.5) is 4.39 Å². The van der Waals surface area contributed by atoms with E-state index in [2.05, 4.69) is 5.10 Å². The molecule has 0 spiro atoms. The van der Waals surface area contributed by atoms with Gasteiger partial charge in [-0.2, -0.15) is 5.10 Å². The molecular formula is C11H9Cl2FN2O. The Kier molecular flexibility index (Phi) is 3.02. The first kappa shape index (κ1) is 12.2. The van der Waals surface area contributed by atoms with Gasteiger partial charge >= 0.3 is 0 Å². The van der Waals surface area contributed by atoms with Crippen molar-refractivity contribution < 1.29 is 9.50 Å². The third-order valence-corrected chi connectivity index (χ3v) is 3.30. The Bertz CT molecular complexity index is 596. The highest BCUT2D eigenvalue weighted by atomic mass is 35.5. The van der Waals surface area contributed by atoms with E-state index in [0.29, 0.717) is 16.4 Å². The molecule has 6 heteroatoms. The van der Waals surface area contributed by atoms with Crippen molar-refractivity contribution >= 4 is 23.2 Å². The third kappa shape index (κ3) is 1.98. The van der Waals surface area contributed by atoms with Crippen LogP contribution < -0.4 is 0 Å². The van der Waals surface area contributed by atoms with E-state index in [1.54, 1.807) is 13.8 Å². The normalized spacial score (nSPS) is 10.9. The molecular weight excluding hydrogens is 266 g/mol. The van der Waals surface area contributed by atoms with Gasteiger partial charge in [-0.05, 0) is 19.9 Å². The van der Waals surface area contributed by atoms with Crippen molar-refractivity contribution in [2.24, 2.45) is 0 Å². The molecule has 1 N–H and O–H groups in total. The molecule has 0 aliphatic heterocycles. The first-order valence-corrected chi connectivity index (χ1v) is 5.57. The summed E-state index contributed by atoms with van der Waals surface area (Å²) in [6.07, 6.45) is 0. The number of phenols is 1. The smallest absolute Gasteiger partial charge is 0.150 e. The highest BCUT2D eigenvalue weighted by Gasteiger charge is 2.15. The summed E-state index contributed by atoms with van der Waals surface area (Å²) in [6.45, 7) is 3.44. The molecule has 0 atom stereocenters. The van der Waals surface area contributed by atoms with Gasteiger partial charge in [0.05, 0.1) is 21.4 Å². The molecule has 0 aliphatic carbocycles. The maximum absolute atomic E-state index is 13.7. The largest absolute Gasteiger partial charge is 0.506 e. The highest BCUT2D eigenvalue weighted by Crippen LogP contribution is 2.30. The Labute approximate surface area is 107 Å². The van der Waals surface area contributed by atoms with E-state index in [1.165, 1.54) is 10.7 Å². The summed E-state index contributed by atoms with van der Waals surface area (Å²) in [5.74, 6) is -0.776. The fraction of sp³-hybridized carbons (Fsp3) is 0.182. The van der Waals surface area contributed by atoms with E-state index in [0.717, 1.165) is 6.07 Å². The number of aromatic hydroxyl groups is 1. The predicted molar refractivity (Wildman–Crippen MR) is 64.7 cm³/mol. The number of aromatic nitrogens is 2. The van der Waals surface area contributed by atoms with E-state index in [1.807, 2.05) is 0 Å². The number of hydrogen-bond donors (Lipinski definition) is 1. The Balaban J connectivity index is 2.68. The Hall–Kier alpha value is -1.26. The minimum absolute atomic E-state index is 0.0427. The van der Waals surface area contributed by atoms with Crippen LogP contribution in [0.2, 0.25) is 10.0 Å². The third-order valence-electron chi connectivity index (χ3n) is 2.45. The van der Waals surface area contributed by atoms with Crippen molar-refractivity contribution in [3.8, 4) is 11.4 Å². The molecule has 2 rings (SSSR count). The SMILES string of the molecule is Cc1nn(-c2cc(O)c(Cl)cc2F)c(C)c1Cl. The van der Waals surface area contributed by atoms with Gasteiger partial charge in [0.15, 0.2) is 5.82 Å². The van der Waals surface area contributed by atoms with Crippen LogP contribution in [0.5, 0.6) is 5.75 Å². The van der Waals surface area contributed by atoms with Gasteiger partial charge in [0, 0.05) is 6.07 Å². The molecule has 0 saturated carbocycles. The zero-order valence-electron chi connectivity index (χ0n) is 9.13. The van der Waals surface area contributed by atoms with E-state index >= 15 is 0 Å². The first-order valence-electron chi connectivity index (χ1n) is 4.82. The zero-order valence-corrected chi connectivity index (χ0v) is 10.6. The van der Waals surface area contributed by atoms with Gasteiger partial charge < -0.3 is 5.11 Å². The minimum Gasteiger partial charge on any atom is -0.506 e. The number of aryl methyl sites for hydroxylation is 1. The Morgan fingerprint density at radius 2 is 1.94 bits per heavy atom. The number of halogens is 3. The second kappa shape index (κ2) is 4.20. The van der Waals surface area contributed by atoms with Gasteiger partial charge in [0.1, 0.15) is 11.4 Å². The number of benzene rings is 1. The van der Waals surface area contributed by atoms with Crippen molar-refractivity contribution in [2.45, 2.75) is 13.8 Å². The number of rotatable bonds is 1. The second-order valence-electron chi connectivity index (χ2n) is 3.65. The van der Waals surface area contributed by atoms with Crippen molar-refractivity contribution in [2.75, 3.05) is 0 Å². The van der Waals surface area contributed by atoms with Gasteiger partial charge in [-0.1, -0.05) is 23.2 Å². The van der Waals surface area contributed by atoms with Gasteiger partial charge in [0.25, 0.3) is 0 Å². The quantitative estimate of drug-likeness (QED) is 0.862. The fourth-order valence-corrected chi connectivity index (χ4v) is 1.82. The standard InChI is InChI=1S/C11H9Cl2FN2O/c1-5-11(13)6(2)16(15-5)9-4-10(17)7(12)3-8(9)14/h3-4,17H,1-2H3. The summed E-state index contributed by atoms with van der Waals surface area (Å²) >= 11 is 11.6. The molecule has 0 saturated heterocycles. The summed E-state index contributed by atoms with van der Waals surface area (Å²) in [4.78, 5) is 0. The van der Waals surface area contributed by atoms with Crippen molar-refractivity contribution in [3.05, 3.63) is 39.4 Å². The Morgan fingerprint density at radius 3 is 2.47 bits per heavy atom. The van der Waals surface area contributed by atoms with E-state index in [9.17, 15) is 9.50 Å². The molecule has 17 heavy (non-hydrogen) atoms. The molecule has 0 radical (unpaired) electrons. The second-order valence-corrected chi connectivity index (χ2v) is 4.44. The van der Waals surface area contributed by atoms with Crippen molar-refractivity contribution in [1.29, 1.82) is 0 Å². The predicted octanol–water partition coefficient (Wildman–Crippen LogP) is 3.64. The van der Waals surface area contributed by atoms with Crippen LogP contribution in [0, 0.1) is 19.7 Å². The lowest BCUT2D eigenvalue weighted by molar-refractivity contribution is 0.472. The average Bonchev–Trinajstić information content (AvgIpc) is 2.51. The minimum atomic E-state index is -0.574. The van der Waals surface area contributed by atoms with Crippen LogP contribution >= 0.6 is 23.2 Å². The monoisotopic (exact) mass is 274 g/mol. The zero-order chi connectivity index (χ0) is 12.7. The summed E-state index contributed by atoms with van der Waals surface area (Å²) in [6, 6.07) is 2.25.